The van der Waals surface area contributed by atoms with Crippen molar-refractivity contribution in [1.82, 2.24) is 4.98 Å². The number of nitrogens with one attached hydrogen (secondary N) is 1. The summed E-state index contributed by atoms with van der Waals surface area (Å²) in [6.45, 7) is 5.75. The third kappa shape index (κ3) is 1.58. The van der Waals surface area contributed by atoms with Crippen molar-refractivity contribution in [1.29, 1.82) is 0 Å². The first-order valence-electron chi connectivity index (χ1n) is 5.32. The number of hydrogen-bond acceptors (Lipinski definition) is 1. The number of fused-ring (bicyclic) bond motifs is 1. The van der Waals surface area contributed by atoms with Crippen LogP contribution in [0.2, 0.25) is 0 Å². The maximum atomic E-state index is 10.9. The Morgan fingerprint density at radius 2 is 1.94 bits per heavy atom. The molecule has 3 heteroatoms. The van der Waals surface area contributed by atoms with Crippen LogP contribution in [0.5, 0.6) is 0 Å². The zero-order valence-corrected chi connectivity index (χ0v) is 9.66. The van der Waals surface area contributed by atoms with E-state index in [0.29, 0.717) is 0 Å². The van der Waals surface area contributed by atoms with E-state index in [1.54, 1.807) is 6.92 Å². The topological polar surface area (TPSA) is 53.1 Å². The summed E-state index contributed by atoms with van der Waals surface area (Å²) in [5, 5.41) is 10.1. The molecular formula is C13H15NO2. The molecule has 2 aromatic rings. The number of aliphatic carboxylic acids is 1. The molecule has 1 unspecified atom stereocenters. The molecular weight excluding hydrogens is 202 g/mol. The summed E-state index contributed by atoms with van der Waals surface area (Å²) in [4.78, 5) is 14.1. The van der Waals surface area contributed by atoms with Crippen molar-refractivity contribution in [2.24, 2.45) is 0 Å². The second kappa shape index (κ2) is 3.67. The monoisotopic (exact) mass is 217 g/mol. The Morgan fingerprint density at radius 1 is 1.31 bits per heavy atom. The van der Waals surface area contributed by atoms with Gasteiger partial charge in [0.25, 0.3) is 0 Å². The minimum Gasteiger partial charge on any atom is -0.481 e. The first kappa shape index (κ1) is 10.7. The maximum Gasteiger partial charge on any atom is 0.312 e. The van der Waals surface area contributed by atoms with E-state index in [1.165, 1.54) is 5.56 Å². The molecule has 16 heavy (non-hydrogen) atoms. The maximum absolute atomic E-state index is 10.9. The van der Waals surface area contributed by atoms with E-state index in [9.17, 15) is 4.79 Å². The molecule has 0 aliphatic carbocycles. The zero-order chi connectivity index (χ0) is 11.9. The number of aromatic nitrogens is 1. The molecule has 1 aromatic carbocycles. The molecule has 1 heterocycles. The molecule has 2 rings (SSSR count). The van der Waals surface area contributed by atoms with Gasteiger partial charge >= 0.3 is 5.97 Å². The van der Waals surface area contributed by atoms with E-state index < -0.39 is 11.9 Å². The molecule has 0 fully saturated rings. The van der Waals surface area contributed by atoms with Gasteiger partial charge in [-0.1, -0.05) is 12.1 Å². The molecule has 3 nitrogen and oxygen atoms in total. The first-order valence-corrected chi connectivity index (χ1v) is 5.32. The van der Waals surface area contributed by atoms with Gasteiger partial charge in [-0.3, -0.25) is 4.79 Å². The lowest BCUT2D eigenvalue weighted by Gasteiger charge is -2.01. The largest absolute Gasteiger partial charge is 0.481 e. The Kier molecular flexibility index (Phi) is 2.46. The van der Waals surface area contributed by atoms with Crippen molar-refractivity contribution >= 4 is 16.9 Å². The summed E-state index contributed by atoms with van der Waals surface area (Å²) in [6, 6.07) is 6.04. The smallest absolute Gasteiger partial charge is 0.312 e. The Bertz CT molecular complexity index is 515. The second-order valence-electron chi connectivity index (χ2n) is 4.27. The molecule has 2 N–H and O–H groups in total. The van der Waals surface area contributed by atoms with Gasteiger partial charge in [0.2, 0.25) is 0 Å². The molecule has 0 aliphatic heterocycles. The van der Waals surface area contributed by atoms with Crippen LogP contribution in [0, 0.1) is 13.8 Å². The van der Waals surface area contributed by atoms with Crippen LogP contribution in [-0.4, -0.2) is 16.1 Å². The number of aryl methyl sites for hydroxylation is 2. The van der Waals surface area contributed by atoms with Crippen molar-refractivity contribution in [3.05, 3.63) is 35.0 Å². The normalized spacial score (nSPS) is 12.9. The van der Waals surface area contributed by atoms with Gasteiger partial charge in [0, 0.05) is 16.6 Å². The van der Waals surface area contributed by atoms with E-state index in [2.05, 4.69) is 11.1 Å². The highest BCUT2D eigenvalue weighted by molar-refractivity contribution is 5.88. The molecule has 0 spiro atoms. The zero-order valence-electron chi connectivity index (χ0n) is 9.66. The average molecular weight is 217 g/mol. The van der Waals surface area contributed by atoms with Crippen LogP contribution < -0.4 is 0 Å². The molecule has 0 aliphatic rings. The van der Waals surface area contributed by atoms with E-state index >= 15 is 0 Å². The summed E-state index contributed by atoms with van der Waals surface area (Å²) >= 11 is 0. The van der Waals surface area contributed by atoms with Crippen molar-refractivity contribution in [3.8, 4) is 0 Å². The van der Waals surface area contributed by atoms with E-state index in [4.69, 9.17) is 5.11 Å². The third-order valence-electron chi connectivity index (χ3n) is 3.08. The number of benzene rings is 1. The van der Waals surface area contributed by atoms with Gasteiger partial charge in [-0.2, -0.15) is 0 Å². The fraction of sp³-hybridized carbons (Fsp3) is 0.308. The molecule has 0 bridgehead atoms. The fourth-order valence-electron chi connectivity index (χ4n) is 1.89. The summed E-state index contributed by atoms with van der Waals surface area (Å²) in [5.41, 5.74) is 4.12. The minimum atomic E-state index is -0.804. The van der Waals surface area contributed by atoms with Crippen LogP contribution in [0.1, 0.15) is 29.7 Å². The van der Waals surface area contributed by atoms with Gasteiger partial charge in [-0.25, -0.2) is 0 Å². The molecule has 0 amide bonds. The lowest BCUT2D eigenvalue weighted by atomic mass is 10.1. The summed E-state index contributed by atoms with van der Waals surface area (Å²) in [5.74, 6) is -1.30. The predicted molar refractivity (Wildman–Crippen MR) is 63.8 cm³/mol. The van der Waals surface area contributed by atoms with Crippen LogP contribution in [0.25, 0.3) is 10.9 Å². The second-order valence-corrected chi connectivity index (χ2v) is 4.27. The summed E-state index contributed by atoms with van der Waals surface area (Å²) < 4.78 is 0. The number of aromatic amines is 1. The van der Waals surface area contributed by atoms with Crippen LogP contribution in [0.4, 0.5) is 0 Å². The molecule has 0 saturated carbocycles. The van der Waals surface area contributed by atoms with Gasteiger partial charge in [0.15, 0.2) is 0 Å². The lowest BCUT2D eigenvalue weighted by Crippen LogP contribution is -2.07. The Balaban J connectivity index is 2.64. The van der Waals surface area contributed by atoms with Crippen molar-refractivity contribution in [2.75, 3.05) is 0 Å². The molecule has 0 radical (unpaired) electrons. The number of carbonyl (C=O) groups is 1. The number of H-pyrrole nitrogens is 1. The Morgan fingerprint density at radius 3 is 2.50 bits per heavy atom. The predicted octanol–water partition coefficient (Wildman–Crippen LogP) is 2.97. The van der Waals surface area contributed by atoms with Crippen molar-refractivity contribution in [3.63, 3.8) is 0 Å². The number of carboxylic acid groups (broad SMARTS) is 1. The average Bonchev–Trinajstić information content (AvgIpc) is 2.68. The van der Waals surface area contributed by atoms with Crippen molar-refractivity contribution < 1.29 is 9.90 Å². The Hall–Kier alpha value is -1.77. The van der Waals surface area contributed by atoms with E-state index in [-0.39, 0.29) is 0 Å². The Labute approximate surface area is 94.1 Å². The number of hydrogen-bond donors (Lipinski definition) is 2. The van der Waals surface area contributed by atoms with Crippen LogP contribution in [0.3, 0.4) is 0 Å². The molecule has 0 saturated heterocycles. The standard InChI is InChI=1S/C13H15NO2/c1-7-4-5-8(2)12-10(7)6-11(14-12)9(3)13(15)16/h4-6,9,14H,1-3H3,(H,15,16). The number of carboxylic acids is 1. The van der Waals surface area contributed by atoms with Gasteiger partial charge in [0.05, 0.1) is 5.92 Å². The fourth-order valence-corrected chi connectivity index (χ4v) is 1.89. The lowest BCUT2D eigenvalue weighted by molar-refractivity contribution is -0.138. The van der Waals surface area contributed by atoms with E-state index in [1.807, 2.05) is 26.0 Å². The highest BCUT2D eigenvalue weighted by atomic mass is 16.4. The highest BCUT2D eigenvalue weighted by Gasteiger charge is 2.16. The first-order chi connectivity index (χ1) is 7.50. The van der Waals surface area contributed by atoms with E-state index in [0.717, 1.165) is 22.2 Å². The van der Waals surface area contributed by atoms with Crippen LogP contribution in [0.15, 0.2) is 18.2 Å². The number of rotatable bonds is 2. The highest BCUT2D eigenvalue weighted by Crippen LogP contribution is 2.26. The SMILES string of the molecule is Cc1ccc(C)c2[nH]c(C(C)C(=O)O)cc12. The van der Waals surface area contributed by atoms with Gasteiger partial charge in [0.1, 0.15) is 0 Å². The third-order valence-corrected chi connectivity index (χ3v) is 3.08. The van der Waals surface area contributed by atoms with Gasteiger partial charge in [-0.15, -0.1) is 0 Å². The van der Waals surface area contributed by atoms with Gasteiger partial charge in [-0.05, 0) is 38.0 Å². The molecule has 1 aromatic heterocycles. The summed E-state index contributed by atoms with van der Waals surface area (Å²) in [7, 11) is 0. The van der Waals surface area contributed by atoms with Crippen molar-refractivity contribution in [2.45, 2.75) is 26.7 Å². The molecule has 84 valence electrons. The van der Waals surface area contributed by atoms with Crippen LogP contribution in [-0.2, 0) is 4.79 Å². The van der Waals surface area contributed by atoms with Crippen LogP contribution >= 0.6 is 0 Å². The minimum absolute atomic E-state index is 0.494. The molecule has 1 atom stereocenters. The quantitative estimate of drug-likeness (QED) is 0.812. The summed E-state index contributed by atoms with van der Waals surface area (Å²) in [6.07, 6.45) is 0. The van der Waals surface area contributed by atoms with Gasteiger partial charge < -0.3 is 10.1 Å².